The fourth-order valence-electron chi connectivity index (χ4n) is 3.26. The monoisotopic (exact) mass is 380 g/mol. The summed E-state index contributed by atoms with van der Waals surface area (Å²) in [4.78, 5) is 27.9. The minimum absolute atomic E-state index is 0.0916. The molecule has 5 nitrogen and oxygen atoms in total. The van der Waals surface area contributed by atoms with Gasteiger partial charge in [-0.25, -0.2) is 4.79 Å². The molecule has 1 aliphatic carbocycles. The number of ether oxygens (including phenoxy) is 1. The molecular formula is C17H21BrN2O3. The quantitative estimate of drug-likeness (QED) is 0.792. The predicted molar refractivity (Wildman–Crippen MR) is 90.2 cm³/mol. The third-order valence-corrected chi connectivity index (χ3v) is 5.12. The van der Waals surface area contributed by atoms with Gasteiger partial charge in [-0.15, -0.1) is 0 Å². The summed E-state index contributed by atoms with van der Waals surface area (Å²) < 4.78 is 5.82. The van der Waals surface area contributed by atoms with Crippen molar-refractivity contribution < 1.29 is 14.3 Å². The Morgan fingerprint density at radius 3 is 2.65 bits per heavy atom. The first-order valence-corrected chi connectivity index (χ1v) is 8.76. The van der Waals surface area contributed by atoms with E-state index in [4.69, 9.17) is 4.74 Å². The van der Waals surface area contributed by atoms with Gasteiger partial charge in [-0.05, 0) is 36.5 Å². The second-order valence-corrected chi connectivity index (χ2v) is 7.06. The minimum atomic E-state index is -0.308. The molecule has 124 valence electrons. The van der Waals surface area contributed by atoms with Crippen molar-refractivity contribution in [1.29, 1.82) is 0 Å². The van der Waals surface area contributed by atoms with E-state index >= 15 is 0 Å². The van der Waals surface area contributed by atoms with Crippen LogP contribution in [0.2, 0.25) is 0 Å². The Balaban J connectivity index is 1.58. The van der Waals surface area contributed by atoms with Crippen molar-refractivity contribution in [3.05, 3.63) is 34.3 Å². The Bertz CT molecular complexity index is 607. The van der Waals surface area contributed by atoms with Gasteiger partial charge in [-0.3, -0.25) is 4.79 Å². The van der Waals surface area contributed by atoms with Crippen molar-refractivity contribution >= 4 is 27.9 Å². The molecule has 1 aromatic rings. The largest absolute Gasteiger partial charge is 0.453 e. The molecule has 0 bridgehead atoms. The normalized spacial score (nSPS) is 24.1. The highest BCUT2D eigenvalue weighted by atomic mass is 79.9. The van der Waals surface area contributed by atoms with E-state index in [1.54, 1.807) is 4.90 Å². The van der Waals surface area contributed by atoms with Crippen LogP contribution in [0.3, 0.4) is 0 Å². The van der Waals surface area contributed by atoms with E-state index in [9.17, 15) is 9.59 Å². The van der Waals surface area contributed by atoms with E-state index in [-0.39, 0.29) is 17.9 Å². The molecule has 0 radical (unpaired) electrons. The molecule has 23 heavy (non-hydrogen) atoms. The minimum Gasteiger partial charge on any atom is -0.453 e. The lowest BCUT2D eigenvalue weighted by atomic mass is 10.1. The van der Waals surface area contributed by atoms with Gasteiger partial charge in [0.2, 0.25) is 5.91 Å². The van der Waals surface area contributed by atoms with Gasteiger partial charge in [-0.1, -0.05) is 28.1 Å². The van der Waals surface area contributed by atoms with Crippen LogP contribution in [-0.4, -0.2) is 55.1 Å². The number of carbonyl (C=O) groups excluding carboxylic acids is 2. The molecule has 1 aliphatic heterocycles. The maximum absolute atomic E-state index is 12.7. The van der Waals surface area contributed by atoms with Gasteiger partial charge >= 0.3 is 6.09 Å². The fourth-order valence-corrected chi connectivity index (χ4v) is 3.67. The summed E-state index contributed by atoms with van der Waals surface area (Å²) >= 11 is 3.48. The number of amides is 2. The number of hydrogen-bond donors (Lipinski definition) is 0. The maximum Gasteiger partial charge on any atom is 0.409 e. The summed E-state index contributed by atoms with van der Waals surface area (Å²) in [5.41, 5.74) is 1.23. The number of nitrogens with zero attached hydrogens (tertiary/aromatic N) is 2. The molecule has 1 saturated carbocycles. The van der Waals surface area contributed by atoms with Crippen LogP contribution < -0.4 is 0 Å². The first kappa shape index (κ1) is 16.3. The molecule has 2 atom stereocenters. The average Bonchev–Trinajstić information content (AvgIpc) is 3.36. The lowest BCUT2D eigenvalue weighted by molar-refractivity contribution is -0.132. The maximum atomic E-state index is 12.7. The van der Waals surface area contributed by atoms with E-state index in [0.717, 1.165) is 17.3 Å². The van der Waals surface area contributed by atoms with Crippen LogP contribution in [0.5, 0.6) is 0 Å². The average molecular weight is 381 g/mol. The van der Waals surface area contributed by atoms with E-state index in [1.807, 2.05) is 17.0 Å². The molecule has 6 heteroatoms. The van der Waals surface area contributed by atoms with Gasteiger partial charge in [0.1, 0.15) is 0 Å². The number of rotatable bonds is 2. The molecular weight excluding hydrogens is 360 g/mol. The number of methoxy groups -OCH3 is 1. The van der Waals surface area contributed by atoms with Gasteiger partial charge in [0.15, 0.2) is 0 Å². The standard InChI is InChI=1S/C17H21BrN2O3/c1-23-17(22)20-7-3-6-19(8-9-20)16(21)15-11-14(15)12-4-2-5-13(18)10-12/h2,4-5,10,14-15H,3,6-9,11H2,1H3. The zero-order valence-electron chi connectivity index (χ0n) is 13.2. The predicted octanol–water partition coefficient (Wildman–Crippen LogP) is 2.85. The van der Waals surface area contributed by atoms with Crippen molar-refractivity contribution in [3.8, 4) is 0 Å². The molecule has 2 aliphatic rings. The molecule has 1 heterocycles. The summed E-state index contributed by atoms with van der Waals surface area (Å²) in [6, 6.07) is 8.20. The molecule has 2 amide bonds. The Kier molecular flexibility index (Phi) is 4.90. The lowest BCUT2D eigenvalue weighted by Crippen LogP contribution is -2.38. The van der Waals surface area contributed by atoms with Gasteiger partial charge < -0.3 is 14.5 Å². The number of benzene rings is 1. The van der Waals surface area contributed by atoms with Gasteiger partial charge in [0.05, 0.1) is 7.11 Å². The van der Waals surface area contributed by atoms with Crippen LogP contribution in [0.15, 0.2) is 28.7 Å². The van der Waals surface area contributed by atoms with Gasteiger partial charge in [0.25, 0.3) is 0 Å². The Labute approximate surface area is 144 Å². The Morgan fingerprint density at radius 2 is 1.91 bits per heavy atom. The van der Waals surface area contributed by atoms with Crippen molar-refractivity contribution in [2.75, 3.05) is 33.3 Å². The Morgan fingerprint density at radius 1 is 1.17 bits per heavy atom. The van der Waals surface area contributed by atoms with Gasteiger partial charge in [-0.2, -0.15) is 0 Å². The lowest BCUT2D eigenvalue weighted by Gasteiger charge is -2.21. The first-order valence-electron chi connectivity index (χ1n) is 7.97. The third kappa shape index (κ3) is 3.68. The highest BCUT2D eigenvalue weighted by Crippen LogP contribution is 2.48. The Hall–Kier alpha value is -1.56. The van der Waals surface area contributed by atoms with E-state index in [1.165, 1.54) is 12.7 Å². The molecule has 0 aromatic heterocycles. The molecule has 0 N–H and O–H groups in total. The summed E-state index contributed by atoms with van der Waals surface area (Å²) in [6.45, 7) is 2.51. The zero-order valence-corrected chi connectivity index (χ0v) is 14.8. The second-order valence-electron chi connectivity index (χ2n) is 6.14. The highest BCUT2D eigenvalue weighted by molar-refractivity contribution is 9.10. The number of carbonyl (C=O) groups is 2. The van der Waals surface area contributed by atoms with Crippen LogP contribution >= 0.6 is 15.9 Å². The topological polar surface area (TPSA) is 49.9 Å². The van der Waals surface area contributed by atoms with Crippen molar-refractivity contribution in [2.24, 2.45) is 5.92 Å². The fraction of sp³-hybridized carbons (Fsp3) is 0.529. The third-order valence-electron chi connectivity index (χ3n) is 4.62. The van der Waals surface area contributed by atoms with Crippen LogP contribution in [0.25, 0.3) is 0 Å². The molecule has 1 aromatic carbocycles. The summed E-state index contributed by atoms with van der Waals surface area (Å²) in [5.74, 6) is 0.649. The van der Waals surface area contributed by atoms with E-state index < -0.39 is 0 Å². The summed E-state index contributed by atoms with van der Waals surface area (Å²) in [7, 11) is 1.39. The first-order chi connectivity index (χ1) is 11.1. The van der Waals surface area contributed by atoms with E-state index in [0.29, 0.717) is 32.1 Å². The highest BCUT2D eigenvalue weighted by Gasteiger charge is 2.45. The SMILES string of the molecule is COC(=O)N1CCCN(C(=O)C2CC2c2cccc(Br)c2)CC1. The summed E-state index contributed by atoms with van der Waals surface area (Å²) in [5, 5.41) is 0. The molecule has 2 fully saturated rings. The molecule has 2 unspecified atom stereocenters. The second kappa shape index (κ2) is 6.91. The van der Waals surface area contributed by atoms with Crippen LogP contribution in [-0.2, 0) is 9.53 Å². The molecule has 3 rings (SSSR count). The van der Waals surface area contributed by atoms with Gasteiger partial charge in [0, 0.05) is 36.6 Å². The molecule has 1 saturated heterocycles. The number of hydrogen-bond acceptors (Lipinski definition) is 3. The summed E-state index contributed by atoms with van der Waals surface area (Å²) in [6.07, 6.45) is 1.42. The van der Waals surface area contributed by atoms with Crippen molar-refractivity contribution in [2.45, 2.75) is 18.8 Å². The van der Waals surface area contributed by atoms with Crippen molar-refractivity contribution in [1.82, 2.24) is 9.80 Å². The van der Waals surface area contributed by atoms with Crippen LogP contribution in [0.1, 0.15) is 24.3 Å². The van der Waals surface area contributed by atoms with Crippen LogP contribution in [0, 0.1) is 5.92 Å². The van der Waals surface area contributed by atoms with E-state index in [2.05, 4.69) is 28.1 Å². The van der Waals surface area contributed by atoms with Crippen molar-refractivity contribution in [3.63, 3.8) is 0 Å². The zero-order chi connectivity index (χ0) is 16.4. The smallest absolute Gasteiger partial charge is 0.409 e. The molecule has 0 spiro atoms. The van der Waals surface area contributed by atoms with Crippen LogP contribution in [0.4, 0.5) is 4.79 Å². The number of halogens is 1.